The lowest BCUT2D eigenvalue weighted by atomic mass is 9.81. The number of hydrogen-bond acceptors (Lipinski definition) is 4. The molecule has 2 aromatic rings. The van der Waals surface area contributed by atoms with Gasteiger partial charge in [-0.15, -0.1) is 0 Å². The van der Waals surface area contributed by atoms with Crippen LogP contribution in [-0.4, -0.2) is 16.5 Å². The summed E-state index contributed by atoms with van der Waals surface area (Å²) in [5, 5.41) is 21.2. The minimum atomic E-state index is -0.482. The van der Waals surface area contributed by atoms with Crippen molar-refractivity contribution in [3.63, 3.8) is 0 Å². The molecule has 2 N–H and O–H groups in total. The first-order valence-corrected chi connectivity index (χ1v) is 9.06. The van der Waals surface area contributed by atoms with E-state index in [1.165, 1.54) is 0 Å². The van der Waals surface area contributed by atoms with Crippen LogP contribution >= 0.6 is 0 Å². The van der Waals surface area contributed by atoms with Crippen LogP contribution in [0.4, 0.5) is 0 Å². The minimum Gasteiger partial charge on any atom is -0.507 e. The topological polar surface area (TPSA) is 58.9 Å². The molecule has 0 fully saturated rings. The zero-order chi connectivity index (χ0) is 19.5. The highest BCUT2D eigenvalue weighted by atomic mass is 16.7. The van der Waals surface area contributed by atoms with Crippen LogP contribution in [-0.2, 0) is 0 Å². The Hall–Kier alpha value is -2.36. The summed E-state index contributed by atoms with van der Waals surface area (Å²) in [5.41, 5.74) is 7.00. The maximum atomic E-state index is 10.6. The third kappa shape index (κ3) is 2.43. The Labute approximate surface area is 155 Å². The van der Waals surface area contributed by atoms with E-state index >= 15 is 0 Å². The van der Waals surface area contributed by atoms with E-state index in [9.17, 15) is 10.2 Å². The number of phenolic OH excluding ortho intramolecular Hbond substituents is 2. The van der Waals surface area contributed by atoms with E-state index in [4.69, 9.17) is 9.47 Å². The lowest BCUT2D eigenvalue weighted by Crippen LogP contribution is -2.26. The molecule has 0 saturated carbocycles. The summed E-state index contributed by atoms with van der Waals surface area (Å²) in [4.78, 5) is 0. The summed E-state index contributed by atoms with van der Waals surface area (Å²) in [6.45, 7) is 15.5. The summed E-state index contributed by atoms with van der Waals surface area (Å²) in [5.74, 6) is 2.04. The molecule has 0 spiro atoms. The van der Waals surface area contributed by atoms with Crippen LogP contribution in [0.25, 0.3) is 0 Å². The van der Waals surface area contributed by atoms with Gasteiger partial charge in [0.1, 0.15) is 23.0 Å². The molecule has 0 atom stereocenters. The molecule has 4 nitrogen and oxygen atoms in total. The molecule has 4 heteroatoms. The number of rotatable bonds is 0. The van der Waals surface area contributed by atoms with Gasteiger partial charge in [-0.2, -0.15) is 0 Å². The summed E-state index contributed by atoms with van der Waals surface area (Å²) >= 11 is 0. The second kappa shape index (κ2) is 6.11. The van der Waals surface area contributed by atoms with E-state index in [0.717, 1.165) is 56.0 Å². The van der Waals surface area contributed by atoms with Gasteiger partial charge in [0, 0.05) is 24.0 Å². The first-order chi connectivity index (χ1) is 12.1. The number of aromatic hydroxyl groups is 2. The van der Waals surface area contributed by atoms with Crippen molar-refractivity contribution in [2.45, 2.75) is 67.6 Å². The molecule has 0 bridgehead atoms. The highest BCUT2D eigenvalue weighted by Crippen LogP contribution is 2.50. The molecule has 0 amide bonds. The molecule has 2 aromatic carbocycles. The van der Waals surface area contributed by atoms with Crippen molar-refractivity contribution in [3.8, 4) is 23.0 Å². The molecule has 3 rings (SSSR count). The Morgan fingerprint density at radius 3 is 1.27 bits per heavy atom. The van der Waals surface area contributed by atoms with E-state index < -0.39 is 6.29 Å². The second-order valence-electron chi connectivity index (χ2n) is 7.46. The normalized spacial score (nSPS) is 18.9. The molecule has 0 radical (unpaired) electrons. The number of fused-ring (bicyclic) bond motifs is 2. The number of benzene rings is 2. The SMILES string of the molecule is Cc1c(C)c2c(c(C)c1O)C(C)c1c(C)c(O)c(C)c(C)c1OC(C)O2. The van der Waals surface area contributed by atoms with Crippen molar-refractivity contribution in [1.29, 1.82) is 0 Å². The van der Waals surface area contributed by atoms with Crippen LogP contribution in [0.3, 0.4) is 0 Å². The molecule has 0 aliphatic carbocycles. The second-order valence-corrected chi connectivity index (χ2v) is 7.46. The summed E-state index contributed by atoms with van der Waals surface area (Å²) < 4.78 is 12.4. The minimum absolute atomic E-state index is 0.0945. The fourth-order valence-electron chi connectivity index (χ4n) is 4.10. The van der Waals surface area contributed by atoms with E-state index in [0.29, 0.717) is 11.5 Å². The molecule has 26 heavy (non-hydrogen) atoms. The number of hydrogen-bond donors (Lipinski definition) is 2. The van der Waals surface area contributed by atoms with Crippen LogP contribution in [0.5, 0.6) is 23.0 Å². The Bertz CT molecular complexity index is 838. The van der Waals surface area contributed by atoms with Crippen LogP contribution in [0.15, 0.2) is 0 Å². The van der Waals surface area contributed by atoms with Crippen molar-refractivity contribution in [2.75, 3.05) is 0 Å². The number of ether oxygens (including phenoxy) is 2. The average molecular weight is 356 g/mol. The quantitative estimate of drug-likeness (QED) is 0.680. The highest BCUT2D eigenvalue weighted by Gasteiger charge is 2.32. The fraction of sp³-hybridized carbons (Fsp3) is 0.455. The first kappa shape index (κ1) is 18.4. The lowest BCUT2D eigenvalue weighted by molar-refractivity contribution is 0.0168. The maximum Gasteiger partial charge on any atom is 0.238 e. The zero-order valence-corrected chi connectivity index (χ0v) is 16.9. The summed E-state index contributed by atoms with van der Waals surface area (Å²) in [7, 11) is 0. The van der Waals surface area contributed by atoms with E-state index in [2.05, 4.69) is 6.92 Å². The Balaban J connectivity index is 2.44. The zero-order valence-electron chi connectivity index (χ0n) is 16.9. The standard InChI is InChI=1S/C22H28O4/c1-9-11(3)21-17(14(6)19(9)23)13(5)18-15(7)20(24)10(2)12(4)22(18)26-16(8)25-21/h13,16,23-24H,1-8H3. The van der Waals surface area contributed by atoms with Gasteiger partial charge in [0.2, 0.25) is 6.29 Å². The van der Waals surface area contributed by atoms with Gasteiger partial charge >= 0.3 is 0 Å². The third-order valence-corrected chi connectivity index (χ3v) is 5.96. The van der Waals surface area contributed by atoms with Gasteiger partial charge in [0.05, 0.1) is 0 Å². The molecule has 0 aromatic heterocycles. The third-order valence-electron chi connectivity index (χ3n) is 5.96. The van der Waals surface area contributed by atoms with Crippen LogP contribution < -0.4 is 9.47 Å². The lowest BCUT2D eigenvalue weighted by Gasteiger charge is -2.33. The maximum absolute atomic E-state index is 10.6. The van der Waals surface area contributed by atoms with Crippen molar-refractivity contribution < 1.29 is 19.7 Å². The summed E-state index contributed by atoms with van der Waals surface area (Å²) in [6, 6.07) is 0. The highest BCUT2D eigenvalue weighted by molar-refractivity contribution is 5.65. The van der Waals surface area contributed by atoms with Crippen LogP contribution in [0, 0.1) is 41.5 Å². The predicted molar refractivity (Wildman–Crippen MR) is 103 cm³/mol. The molecule has 1 aliphatic rings. The fourth-order valence-corrected chi connectivity index (χ4v) is 4.10. The van der Waals surface area contributed by atoms with Gasteiger partial charge in [-0.1, -0.05) is 6.92 Å². The number of phenols is 2. The van der Waals surface area contributed by atoms with Gasteiger partial charge in [-0.25, -0.2) is 0 Å². The Morgan fingerprint density at radius 1 is 0.577 bits per heavy atom. The monoisotopic (exact) mass is 356 g/mol. The van der Waals surface area contributed by atoms with Crippen molar-refractivity contribution >= 4 is 0 Å². The average Bonchev–Trinajstić information content (AvgIpc) is 2.59. The largest absolute Gasteiger partial charge is 0.507 e. The van der Waals surface area contributed by atoms with Gasteiger partial charge in [0.25, 0.3) is 0 Å². The van der Waals surface area contributed by atoms with Gasteiger partial charge in [-0.05, 0) is 74.9 Å². The van der Waals surface area contributed by atoms with Gasteiger partial charge < -0.3 is 19.7 Å². The van der Waals surface area contributed by atoms with Crippen molar-refractivity contribution in [2.24, 2.45) is 0 Å². The van der Waals surface area contributed by atoms with Crippen molar-refractivity contribution in [3.05, 3.63) is 44.5 Å². The molecule has 0 unspecified atom stereocenters. The van der Waals surface area contributed by atoms with Crippen LogP contribution in [0.2, 0.25) is 0 Å². The van der Waals surface area contributed by atoms with Gasteiger partial charge in [-0.3, -0.25) is 0 Å². The molecule has 0 saturated heterocycles. The Kier molecular flexibility index (Phi) is 4.33. The van der Waals surface area contributed by atoms with E-state index in [1.54, 1.807) is 0 Å². The van der Waals surface area contributed by atoms with Crippen LogP contribution in [0.1, 0.15) is 64.3 Å². The smallest absolute Gasteiger partial charge is 0.238 e. The molecular weight excluding hydrogens is 328 g/mol. The van der Waals surface area contributed by atoms with Gasteiger partial charge in [0.15, 0.2) is 0 Å². The first-order valence-electron chi connectivity index (χ1n) is 9.06. The predicted octanol–water partition coefficient (Wildman–Crippen LogP) is 5.22. The Morgan fingerprint density at radius 2 is 0.923 bits per heavy atom. The molecule has 1 aliphatic heterocycles. The molecule has 140 valence electrons. The summed E-state index contributed by atoms with van der Waals surface area (Å²) in [6.07, 6.45) is -0.482. The van der Waals surface area contributed by atoms with Crippen molar-refractivity contribution in [1.82, 2.24) is 0 Å². The molecular formula is C22H28O4. The van der Waals surface area contributed by atoms with E-state index in [-0.39, 0.29) is 5.92 Å². The molecule has 1 heterocycles. The van der Waals surface area contributed by atoms with E-state index in [1.807, 2.05) is 48.5 Å².